The molecule has 168 valence electrons. The summed E-state index contributed by atoms with van der Waals surface area (Å²) < 4.78 is 41.7. The fraction of sp³-hybridized carbons (Fsp3) is 0.333. The number of carbonyl (C=O) groups is 1. The fourth-order valence-corrected chi connectivity index (χ4v) is 4.54. The van der Waals surface area contributed by atoms with Gasteiger partial charge >= 0.3 is 6.18 Å². The highest BCUT2D eigenvalue weighted by atomic mass is 79.9. The third-order valence-corrected chi connectivity index (χ3v) is 6.60. The lowest BCUT2D eigenvalue weighted by atomic mass is 9.71. The number of amides is 1. The maximum atomic E-state index is 13.5. The minimum Gasteiger partial charge on any atom is -0.343 e. The Morgan fingerprint density at radius 3 is 2.56 bits per heavy atom. The van der Waals surface area contributed by atoms with Crippen LogP contribution in [-0.2, 0) is 24.1 Å². The molecule has 4 rings (SSSR count). The second-order valence-corrected chi connectivity index (χ2v) is 8.94. The summed E-state index contributed by atoms with van der Waals surface area (Å²) in [6, 6.07) is 12.9. The zero-order valence-electron chi connectivity index (χ0n) is 17.8. The lowest BCUT2D eigenvalue weighted by Gasteiger charge is -2.43. The topological polar surface area (TPSA) is 46.9 Å². The van der Waals surface area contributed by atoms with Crippen molar-refractivity contribution in [3.8, 4) is 11.1 Å². The van der Waals surface area contributed by atoms with E-state index in [1.54, 1.807) is 12.1 Å². The summed E-state index contributed by atoms with van der Waals surface area (Å²) in [7, 11) is 1.45. The Balaban J connectivity index is 1.71. The number of hydrogen-bond acceptors (Lipinski definition) is 2. The summed E-state index contributed by atoms with van der Waals surface area (Å²) in [5.74, 6) is -0.298. The van der Waals surface area contributed by atoms with E-state index in [9.17, 15) is 18.0 Å². The van der Waals surface area contributed by atoms with E-state index in [0.717, 1.165) is 35.1 Å². The molecule has 0 saturated heterocycles. The van der Waals surface area contributed by atoms with Crippen molar-refractivity contribution in [2.75, 3.05) is 0 Å². The first kappa shape index (κ1) is 22.6. The molecule has 1 aliphatic carbocycles. The molecule has 0 atom stereocenters. The van der Waals surface area contributed by atoms with Gasteiger partial charge in [-0.05, 0) is 55.0 Å². The van der Waals surface area contributed by atoms with Crippen molar-refractivity contribution in [3.05, 3.63) is 76.6 Å². The van der Waals surface area contributed by atoms with Crippen LogP contribution in [0.4, 0.5) is 13.2 Å². The number of benzene rings is 2. The van der Waals surface area contributed by atoms with E-state index in [0.29, 0.717) is 22.0 Å². The summed E-state index contributed by atoms with van der Waals surface area (Å²) in [6.45, 7) is 2.01. The van der Waals surface area contributed by atoms with Gasteiger partial charge in [0, 0.05) is 29.7 Å². The predicted molar refractivity (Wildman–Crippen MR) is 120 cm³/mol. The lowest BCUT2D eigenvalue weighted by Crippen LogP contribution is -2.50. The van der Waals surface area contributed by atoms with Crippen LogP contribution in [0.5, 0.6) is 0 Å². The Labute approximate surface area is 193 Å². The third kappa shape index (κ3) is 4.33. The van der Waals surface area contributed by atoms with Gasteiger partial charge in [0.05, 0.1) is 5.54 Å². The van der Waals surface area contributed by atoms with E-state index in [4.69, 9.17) is 0 Å². The number of aryl methyl sites for hydroxylation is 2. The van der Waals surface area contributed by atoms with Crippen LogP contribution in [0.3, 0.4) is 0 Å². The summed E-state index contributed by atoms with van der Waals surface area (Å²) >= 11 is 3.37. The third-order valence-electron chi connectivity index (χ3n) is 5.95. The number of hydrogen-bond donors (Lipinski definition) is 1. The molecule has 0 bridgehead atoms. The van der Waals surface area contributed by atoms with E-state index in [-0.39, 0.29) is 11.5 Å². The molecule has 3 aromatic rings. The highest BCUT2D eigenvalue weighted by molar-refractivity contribution is 9.08. The van der Waals surface area contributed by atoms with Crippen LogP contribution in [0.2, 0.25) is 0 Å². The number of halogens is 4. The van der Waals surface area contributed by atoms with Crippen molar-refractivity contribution < 1.29 is 18.0 Å². The molecule has 0 spiro atoms. The molecule has 32 heavy (non-hydrogen) atoms. The van der Waals surface area contributed by atoms with Gasteiger partial charge in [0.15, 0.2) is 5.69 Å². The molecule has 1 aliphatic rings. The average Bonchev–Trinajstić information content (AvgIpc) is 3.12. The predicted octanol–water partition coefficient (Wildman–Crippen LogP) is 6.12. The molecule has 4 nitrogen and oxygen atoms in total. The van der Waals surface area contributed by atoms with Crippen LogP contribution in [-0.4, -0.2) is 15.7 Å². The second kappa shape index (κ2) is 8.39. The van der Waals surface area contributed by atoms with E-state index < -0.39 is 17.4 Å². The Hall–Kier alpha value is -2.61. The summed E-state index contributed by atoms with van der Waals surface area (Å²) in [4.78, 5) is 13.3. The minimum atomic E-state index is -4.59. The number of nitrogens with zero attached hydrogens (tertiary/aromatic N) is 2. The lowest BCUT2D eigenvalue weighted by molar-refractivity contribution is -0.140. The van der Waals surface area contributed by atoms with Crippen LogP contribution in [0.15, 0.2) is 48.7 Å². The van der Waals surface area contributed by atoms with Crippen molar-refractivity contribution in [3.63, 3.8) is 0 Å². The molecule has 0 aliphatic heterocycles. The molecule has 1 heterocycles. The van der Waals surface area contributed by atoms with Crippen LogP contribution < -0.4 is 5.32 Å². The van der Waals surface area contributed by atoms with Gasteiger partial charge in [-0.3, -0.25) is 9.48 Å². The molecule has 8 heteroatoms. The molecule has 1 amide bonds. The second-order valence-electron chi connectivity index (χ2n) is 8.37. The molecule has 0 radical (unpaired) electrons. The fourth-order valence-electron chi connectivity index (χ4n) is 4.21. The van der Waals surface area contributed by atoms with Gasteiger partial charge < -0.3 is 5.32 Å². The Morgan fingerprint density at radius 2 is 1.97 bits per heavy atom. The molecular formula is C24H23BrF3N3O. The largest absolute Gasteiger partial charge is 0.435 e. The zero-order chi connectivity index (χ0) is 23.1. The summed E-state index contributed by atoms with van der Waals surface area (Å²) in [6.07, 6.45) is -0.601. The summed E-state index contributed by atoms with van der Waals surface area (Å²) in [5.41, 5.74) is 2.06. The first-order chi connectivity index (χ1) is 15.1. The Kier molecular flexibility index (Phi) is 5.92. The molecule has 0 unspecified atom stereocenters. The quantitative estimate of drug-likeness (QED) is 0.424. The van der Waals surface area contributed by atoms with Gasteiger partial charge in [0.1, 0.15) is 0 Å². The molecule has 1 N–H and O–H groups in total. The molecular weight excluding hydrogens is 483 g/mol. The van der Waals surface area contributed by atoms with Crippen molar-refractivity contribution in [2.24, 2.45) is 7.05 Å². The molecule has 2 aromatic carbocycles. The van der Waals surface area contributed by atoms with Gasteiger partial charge in [0.2, 0.25) is 0 Å². The van der Waals surface area contributed by atoms with E-state index >= 15 is 0 Å². The Bertz CT molecular complexity index is 1170. The SMILES string of the molecule is Cc1cccc(C2(NC(=O)c3cc(CBr)cc(-c4cn(C)nc4C(F)(F)F)c3)CCC2)c1. The number of rotatable bonds is 5. The molecule has 1 fully saturated rings. The number of carbonyl (C=O) groups excluding carboxylic acids is 1. The van der Waals surface area contributed by atoms with Crippen LogP contribution >= 0.6 is 15.9 Å². The van der Waals surface area contributed by atoms with Crippen molar-refractivity contribution >= 4 is 21.8 Å². The van der Waals surface area contributed by atoms with Crippen LogP contribution in [0.1, 0.15) is 52.0 Å². The van der Waals surface area contributed by atoms with E-state index in [2.05, 4.69) is 32.4 Å². The highest BCUT2D eigenvalue weighted by Crippen LogP contribution is 2.42. The van der Waals surface area contributed by atoms with Gasteiger partial charge in [-0.15, -0.1) is 0 Å². The van der Waals surface area contributed by atoms with E-state index in [1.807, 2.05) is 25.1 Å². The van der Waals surface area contributed by atoms with Crippen molar-refractivity contribution in [2.45, 2.75) is 43.2 Å². The Morgan fingerprint density at radius 1 is 1.22 bits per heavy atom. The minimum absolute atomic E-state index is 0.0473. The smallest absolute Gasteiger partial charge is 0.343 e. The number of nitrogens with one attached hydrogen (secondary N) is 1. The first-order valence-corrected chi connectivity index (χ1v) is 11.4. The summed E-state index contributed by atoms with van der Waals surface area (Å²) in [5, 5.41) is 7.18. The first-order valence-electron chi connectivity index (χ1n) is 10.3. The van der Waals surface area contributed by atoms with Crippen LogP contribution in [0.25, 0.3) is 11.1 Å². The standard InChI is InChI=1S/C24H23BrF3N3O/c1-15-5-3-6-19(9-15)23(7-4-8-23)29-22(32)18-11-16(13-25)10-17(12-18)20-14-31(2)30-21(20)24(26,27)28/h3,5-6,9-12,14H,4,7-8,13H2,1-2H3,(H,29,32). The maximum absolute atomic E-state index is 13.5. The van der Waals surface area contributed by atoms with Gasteiger partial charge in [-0.25, -0.2) is 0 Å². The maximum Gasteiger partial charge on any atom is 0.435 e. The number of alkyl halides is 4. The highest BCUT2D eigenvalue weighted by Gasteiger charge is 2.41. The van der Waals surface area contributed by atoms with E-state index in [1.165, 1.54) is 19.3 Å². The molecule has 1 aromatic heterocycles. The van der Waals surface area contributed by atoms with Crippen molar-refractivity contribution in [1.82, 2.24) is 15.1 Å². The van der Waals surface area contributed by atoms with Gasteiger partial charge in [-0.1, -0.05) is 51.8 Å². The van der Waals surface area contributed by atoms with Crippen molar-refractivity contribution in [1.29, 1.82) is 0 Å². The molecule has 1 saturated carbocycles. The monoisotopic (exact) mass is 505 g/mol. The number of aromatic nitrogens is 2. The average molecular weight is 506 g/mol. The normalized spacial score (nSPS) is 15.3. The van der Waals surface area contributed by atoms with Crippen LogP contribution in [0, 0.1) is 6.92 Å². The van der Waals surface area contributed by atoms with Gasteiger partial charge in [-0.2, -0.15) is 18.3 Å². The van der Waals surface area contributed by atoms with Gasteiger partial charge in [0.25, 0.3) is 5.91 Å². The zero-order valence-corrected chi connectivity index (χ0v) is 19.3.